The van der Waals surface area contributed by atoms with Gasteiger partial charge in [-0.25, -0.2) is 4.79 Å². The molecule has 0 spiro atoms. The van der Waals surface area contributed by atoms with E-state index in [1.807, 2.05) is 0 Å². The van der Waals surface area contributed by atoms with E-state index >= 15 is 0 Å². The summed E-state index contributed by atoms with van der Waals surface area (Å²) in [6, 6.07) is -0.397. The second-order valence-electron chi connectivity index (χ2n) is 7.14. The monoisotopic (exact) mass is 327 g/mol. The largest absolute Gasteiger partial charge is 0.469 e. The molecule has 2 aliphatic heterocycles. The maximum atomic E-state index is 12.4. The van der Waals surface area contributed by atoms with Crippen LogP contribution in [0.5, 0.6) is 0 Å². The molecule has 0 N–H and O–H groups in total. The summed E-state index contributed by atoms with van der Waals surface area (Å²) >= 11 is 0. The average molecular weight is 327 g/mol. The second kappa shape index (κ2) is 6.37. The van der Waals surface area contributed by atoms with Crippen LogP contribution in [0.4, 0.5) is 4.79 Å². The highest BCUT2D eigenvalue weighted by molar-refractivity contribution is 5.84. The Morgan fingerprint density at radius 3 is 2.04 bits per heavy atom. The highest BCUT2D eigenvalue weighted by Gasteiger charge is 2.56. The van der Waals surface area contributed by atoms with Gasteiger partial charge in [0.2, 0.25) is 0 Å². The molecule has 1 amide bonds. The van der Waals surface area contributed by atoms with E-state index in [9.17, 15) is 14.4 Å². The lowest BCUT2D eigenvalue weighted by Crippen LogP contribution is -2.63. The zero-order valence-corrected chi connectivity index (χ0v) is 14.3. The SMILES string of the molecule is COC(=O)[C@@H]1[C@H]2CC[C@@H]([C@@H]1C(=O)OC)N(C(=O)OC(C)(C)C)C2. The van der Waals surface area contributed by atoms with Gasteiger partial charge in [0.15, 0.2) is 0 Å². The highest BCUT2D eigenvalue weighted by atomic mass is 16.6. The molecule has 0 aromatic rings. The molecule has 4 atom stereocenters. The predicted octanol–water partition coefficient (Wildman–Crippen LogP) is 1.59. The van der Waals surface area contributed by atoms with Crippen molar-refractivity contribution in [1.82, 2.24) is 4.90 Å². The molecule has 0 aromatic heterocycles. The Balaban J connectivity index is 2.27. The van der Waals surface area contributed by atoms with Crippen LogP contribution in [0.25, 0.3) is 0 Å². The van der Waals surface area contributed by atoms with Gasteiger partial charge >= 0.3 is 18.0 Å². The van der Waals surface area contributed by atoms with Gasteiger partial charge in [0.05, 0.1) is 26.1 Å². The van der Waals surface area contributed by atoms with E-state index in [0.29, 0.717) is 13.0 Å². The highest BCUT2D eigenvalue weighted by Crippen LogP contribution is 2.45. The predicted molar refractivity (Wildman–Crippen MR) is 80.5 cm³/mol. The maximum Gasteiger partial charge on any atom is 0.410 e. The quantitative estimate of drug-likeness (QED) is 0.566. The van der Waals surface area contributed by atoms with Crippen molar-refractivity contribution in [2.75, 3.05) is 20.8 Å². The Hall–Kier alpha value is -1.79. The van der Waals surface area contributed by atoms with E-state index in [2.05, 4.69) is 0 Å². The number of fused-ring (bicyclic) bond motifs is 3. The molecule has 2 saturated heterocycles. The fourth-order valence-corrected chi connectivity index (χ4v) is 3.66. The summed E-state index contributed by atoms with van der Waals surface area (Å²) in [6.07, 6.45) is 0.971. The Bertz CT molecular complexity index is 497. The van der Waals surface area contributed by atoms with Crippen LogP contribution in [-0.2, 0) is 23.8 Å². The van der Waals surface area contributed by atoms with Crippen LogP contribution in [0.15, 0.2) is 0 Å². The standard InChI is InChI=1S/C16H25NO6/c1-16(2,3)23-15(20)17-8-9-6-7-10(17)12(14(19)22-5)11(9)13(18)21-4/h9-12H,6-8H2,1-5H3/t9-,10-,11+,12-/m0/s1. The van der Waals surface area contributed by atoms with E-state index in [1.54, 1.807) is 25.7 Å². The van der Waals surface area contributed by atoms with Gasteiger partial charge in [0.1, 0.15) is 5.60 Å². The molecule has 3 rings (SSSR count). The first-order valence-electron chi connectivity index (χ1n) is 7.85. The second-order valence-corrected chi connectivity index (χ2v) is 7.14. The molecule has 130 valence electrons. The van der Waals surface area contributed by atoms with Gasteiger partial charge in [0, 0.05) is 12.6 Å². The first kappa shape index (κ1) is 17.6. The van der Waals surface area contributed by atoms with Crippen molar-refractivity contribution in [3.8, 4) is 0 Å². The fourth-order valence-electron chi connectivity index (χ4n) is 3.66. The number of nitrogens with zero attached hydrogens (tertiary/aromatic N) is 1. The van der Waals surface area contributed by atoms with Gasteiger partial charge in [-0.3, -0.25) is 9.59 Å². The van der Waals surface area contributed by atoms with E-state index in [-0.39, 0.29) is 5.92 Å². The van der Waals surface area contributed by atoms with Crippen molar-refractivity contribution in [3.63, 3.8) is 0 Å². The average Bonchev–Trinajstić information content (AvgIpc) is 2.51. The van der Waals surface area contributed by atoms with E-state index in [1.165, 1.54) is 14.2 Å². The van der Waals surface area contributed by atoms with Crippen molar-refractivity contribution in [3.05, 3.63) is 0 Å². The smallest absolute Gasteiger partial charge is 0.410 e. The van der Waals surface area contributed by atoms with Gasteiger partial charge < -0.3 is 19.1 Å². The number of esters is 2. The third kappa shape index (κ3) is 3.43. The lowest BCUT2D eigenvalue weighted by molar-refractivity contribution is -0.173. The summed E-state index contributed by atoms with van der Waals surface area (Å²) in [5.74, 6) is -2.29. The van der Waals surface area contributed by atoms with Crippen molar-refractivity contribution in [2.24, 2.45) is 17.8 Å². The minimum Gasteiger partial charge on any atom is -0.469 e. The van der Waals surface area contributed by atoms with Gasteiger partial charge in [-0.05, 0) is 39.5 Å². The van der Waals surface area contributed by atoms with Crippen molar-refractivity contribution < 1.29 is 28.6 Å². The molecule has 0 radical (unpaired) electrons. The van der Waals surface area contributed by atoms with Crippen LogP contribution in [0.2, 0.25) is 0 Å². The lowest BCUT2D eigenvalue weighted by atomic mass is 9.65. The molecule has 23 heavy (non-hydrogen) atoms. The molecular formula is C16H25NO6. The minimum atomic E-state index is -0.701. The topological polar surface area (TPSA) is 82.1 Å². The summed E-state index contributed by atoms with van der Waals surface area (Å²) in [4.78, 5) is 38.4. The van der Waals surface area contributed by atoms with Gasteiger partial charge in [-0.1, -0.05) is 0 Å². The third-order valence-electron chi connectivity index (χ3n) is 4.55. The minimum absolute atomic E-state index is 0.121. The van der Waals surface area contributed by atoms with Crippen molar-refractivity contribution in [2.45, 2.75) is 45.3 Å². The number of hydrogen-bond donors (Lipinski definition) is 0. The molecule has 1 saturated carbocycles. The number of carbonyl (C=O) groups excluding carboxylic acids is 3. The van der Waals surface area contributed by atoms with Crippen LogP contribution in [-0.4, -0.2) is 55.3 Å². The maximum absolute atomic E-state index is 12.4. The Labute approximate surface area is 136 Å². The van der Waals surface area contributed by atoms with Crippen LogP contribution in [0.3, 0.4) is 0 Å². The van der Waals surface area contributed by atoms with E-state index < -0.39 is 41.5 Å². The lowest BCUT2D eigenvalue weighted by Gasteiger charge is -2.51. The van der Waals surface area contributed by atoms with Crippen LogP contribution >= 0.6 is 0 Å². The number of hydrogen-bond acceptors (Lipinski definition) is 6. The summed E-state index contributed by atoms with van der Waals surface area (Å²) in [6.45, 7) is 5.78. The molecule has 0 aromatic carbocycles. The molecule has 1 aliphatic carbocycles. The number of ether oxygens (including phenoxy) is 3. The molecule has 2 bridgehead atoms. The molecule has 3 fully saturated rings. The number of rotatable bonds is 2. The molecule has 7 nitrogen and oxygen atoms in total. The molecular weight excluding hydrogens is 302 g/mol. The van der Waals surface area contributed by atoms with Gasteiger partial charge in [-0.15, -0.1) is 0 Å². The first-order chi connectivity index (χ1) is 10.7. The Morgan fingerprint density at radius 2 is 1.52 bits per heavy atom. The van der Waals surface area contributed by atoms with Crippen LogP contribution in [0.1, 0.15) is 33.6 Å². The van der Waals surface area contributed by atoms with Gasteiger partial charge in [0.25, 0.3) is 0 Å². The number of methoxy groups -OCH3 is 2. The molecule has 0 unspecified atom stereocenters. The molecule has 7 heteroatoms. The van der Waals surface area contributed by atoms with Crippen LogP contribution < -0.4 is 0 Å². The number of piperidine rings is 2. The van der Waals surface area contributed by atoms with Crippen LogP contribution in [0, 0.1) is 17.8 Å². The van der Waals surface area contributed by atoms with Crippen molar-refractivity contribution in [1.29, 1.82) is 0 Å². The van der Waals surface area contributed by atoms with Crippen molar-refractivity contribution >= 4 is 18.0 Å². The summed E-state index contributed by atoms with van der Waals surface area (Å²) in [5, 5.41) is 0. The molecule has 3 aliphatic rings. The fraction of sp³-hybridized carbons (Fsp3) is 0.812. The zero-order valence-electron chi connectivity index (χ0n) is 14.3. The Morgan fingerprint density at radius 1 is 0.957 bits per heavy atom. The Kier molecular flexibility index (Phi) is 4.87. The number of amides is 1. The summed E-state index contributed by atoms with van der Waals surface area (Å²) < 4.78 is 15.2. The first-order valence-corrected chi connectivity index (χ1v) is 7.85. The summed E-state index contributed by atoms with van der Waals surface area (Å²) in [5.41, 5.74) is -0.615. The number of carbonyl (C=O) groups is 3. The molecule has 2 heterocycles. The van der Waals surface area contributed by atoms with Gasteiger partial charge in [-0.2, -0.15) is 0 Å². The van der Waals surface area contributed by atoms with E-state index in [0.717, 1.165) is 6.42 Å². The third-order valence-corrected chi connectivity index (χ3v) is 4.55. The van der Waals surface area contributed by atoms with E-state index in [4.69, 9.17) is 14.2 Å². The normalized spacial score (nSPS) is 29.9. The zero-order chi connectivity index (χ0) is 17.4. The summed E-state index contributed by atoms with van der Waals surface area (Å²) in [7, 11) is 2.60.